The number of nitrogens with zero attached hydrogens (tertiary/aromatic N) is 12. The molecule has 24 aromatic rings. The van der Waals surface area contributed by atoms with Gasteiger partial charge in [-0.25, -0.2) is 0 Å². The van der Waals surface area contributed by atoms with E-state index in [0.717, 1.165) is 105 Å². The first kappa shape index (κ1) is 65.4. The third-order valence-electron chi connectivity index (χ3n) is 22.4. The van der Waals surface area contributed by atoms with Crippen molar-refractivity contribution in [3.05, 3.63) is 402 Å². The van der Waals surface area contributed by atoms with Crippen LogP contribution < -0.4 is 0 Å². The Kier molecular flexibility index (Phi) is 15.6. The molecule has 0 saturated heterocycles. The Labute approximate surface area is 653 Å². The standard InChI is InChI=1S/3C34H22N4/c1-3-8-25(9-4-1)37-30-15-13-23(20-27(30)29-22-35-19-17-32(29)37)24-14-16-31-28(21-24)34-33(12-7-18-36-34)38(31)26-10-5-2-6-11-26;1-3-7-25(8-4-1)37-31-13-11-23(19-27(31)29-21-35-17-15-33(29)37)24-12-14-32-28(20-24)30-22-36-18-16-34(30)38(32)26-9-5-2-6-10-26;1-3-7-25(8-4-1)37-32-14-12-24(20-29(32)30-21-35-18-16-33(30)37)23-11-13-31-28(19-23)27-15-17-36-22-34(27)38(31)26-9-5-2-6-10-26/h3*1-22H. The van der Waals surface area contributed by atoms with E-state index >= 15 is 0 Å². The Hall–Kier alpha value is -15.7. The van der Waals surface area contributed by atoms with Crippen molar-refractivity contribution < 1.29 is 0 Å². The summed E-state index contributed by atoms with van der Waals surface area (Å²) in [5, 5.41) is 13.0. The van der Waals surface area contributed by atoms with Crippen LogP contribution in [-0.4, -0.2) is 57.3 Å². The highest BCUT2D eigenvalue weighted by Crippen LogP contribution is 2.43. The van der Waals surface area contributed by atoms with Crippen LogP contribution in [-0.2, 0) is 0 Å². The van der Waals surface area contributed by atoms with Crippen LogP contribution in [0.25, 0.3) is 198 Å². The molecule has 0 bridgehead atoms. The predicted molar refractivity (Wildman–Crippen MR) is 468 cm³/mol. The number of hydrogen-bond donors (Lipinski definition) is 0. The second-order valence-corrected chi connectivity index (χ2v) is 28.8. The lowest BCUT2D eigenvalue weighted by Crippen LogP contribution is -1.93. The van der Waals surface area contributed by atoms with E-state index in [4.69, 9.17) is 4.98 Å². The first-order valence-corrected chi connectivity index (χ1v) is 38.2. The summed E-state index contributed by atoms with van der Waals surface area (Å²) >= 11 is 0. The number of rotatable bonds is 9. The maximum absolute atomic E-state index is 4.79. The molecular weight excluding hydrogens is 1390 g/mol. The Balaban J connectivity index is 0.000000104. The highest BCUT2D eigenvalue weighted by molar-refractivity contribution is 6.16. The molecule has 0 unspecified atom stereocenters. The van der Waals surface area contributed by atoms with Gasteiger partial charge in [0.05, 0.1) is 77.9 Å². The fraction of sp³-hybridized carbons (Fsp3) is 0. The smallest absolute Gasteiger partial charge is 0.0963 e. The molecule has 534 valence electrons. The molecule has 24 rings (SSSR count). The number of fused-ring (bicyclic) bond motifs is 18. The summed E-state index contributed by atoms with van der Waals surface area (Å²) in [6.45, 7) is 0. The summed E-state index contributed by atoms with van der Waals surface area (Å²) < 4.78 is 13.9. The lowest BCUT2D eigenvalue weighted by molar-refractivity contribution is 1.17. The average Bonchev–Trinajstić information content (AvgIpc) is 1.60. The molecule has 12 aromatic heterocycles. The van der Waals surface area contributed by atoms with Crippen LogP contribution in [0.3, 0.4) is 0 Å². The van der Waals surface area contributed by atoms with E-state index in [1.54, 1.807) is 0 Å². The molecule has 0 aliphatic rings. The topological polar surface area (TPSA) is 107 Å². The maximum Gasteiger partial charge on any atom is 0.0963 e. The first-order valence-electron chi connectivity index (χ1n) is 38.2. The van der Waals surface area contributed by atoms with Crippen molar-refractivity contribution in [1.29, 1.82) is 0 Å². The maximum atomic E-state index is 4.79. The number of para-hydroxylation sites is 6. The van der Waals surface area contributed by atoms with Gasteiger partial charge in [0.15, 0.2) is 0 Å². The number of benzene rings is 12. The Bertz CT molecular complexity index is 6630. The molecule has 12 aromatic carbocycles. The van der Waals surface area contributed by atoms with E-state index in [0.29, 0.717) is 0 Å². The van der Waals surface area contributed by atoms with Gasteiger partial charge in [0.25, 0.3) is 0 Å². The van der Waals surface area contributed by atoms with Crippen LogP contribution in [0.4, 0.5) is 0 Å². The summed E-state index contributed by atoms with van der Waals surface area (Å²) in [6.07, 6.45) is 21.1. The van der Waals surface area contributed by atoms with Crippen molar-refractivity contribution >= 4 is 131 Å². The average molecular weight is 1460 g/mol. The van der Waals surface area contributed by atoms with Crippen LogP contribution in [0.15, 0.2) is 402 Å². The van der Waals surface area contributed by atoms with Crippen LogP contribution >= 0.6 is 0 Å². The van der Waals surface area contributed by atoms with E-state index in [1.165, 1.54) is 93.3 Å². The van der Waals surface area contributed by atoms with Gasteiger partial charge in [-0.15, -0.1) is 0 Å². The Morgan fingerprint density at radius 3 is 0.693 bits per heavy atom. The fourth-order valence-electron chi connectivity index (χ4n) is 17.4. The van der Waals surface area contributed by atoms with Crippen LogP contribution in [0.1, 0.15) is 0 Å². The lowest BCUT2D eigenvalue weighted by atomic mass is 10.0. The minimum atomic E-state index is 1.01. The van der Waals surface area contributed by atoms with Crippen molar-refractivity contribution in [3.63, 3.8) is 0 Å². The van der Waals surface area contributed by atoms with Crippen molar-refractivity contribution in [2.45, 2.75) is 0 Å². The fourth-order valence-corrected chi connectivity index (χ4v) is 17.4. The number of aromatic nitrogens is 12. The van der Waals surface area contributed by atoms with Gasteiger partial charge in [0.2, 0.25) is 0 Å². The Morgan fingerprint density at radius 1 is 0.149 bits per heavy atom. The molecule has 12 nitrogen and oxygen atoms in total. The van der Waals surface area contributed by atoms with Crippen LogP contribution in [0.5, 0.6) is 0 Å². The highest BCUT2D eigenvalue weighted by atomic mass is 15.0. The highest BCUT2D eigenvalue weighted by Gasteiger charge is 2.22. The van der Waals surface area contributed by atoms with Gasteiger partial charge in [-0.1, -0.05) is 146 Å². The molecule has 114 heavy (non-hydrogen) atoms. The third kappa shape index (κ3) is 10.8. The molecular formula is C102H66N12. The van der Waals surface area contributed by atoms with Gasteiger partial charge in [0.1, 0.15) is 0 Å². The number of pyridine rings is 6. The molecule has 12 heteroatoms. The van der Waals surface area contributed by atoms with Gasteiger partial charge < -0.3 is 27.4 Å². The summed E-state index contributed by atoms with van der Waals surface area (Å²) in [6, 6.07) is 118. The van der Waals surface area contributed by atoms with E-state index in [1.807, 2.05) is 86.4 Å². The van der Waals surface area contributed by atoms with Gasteiger partial charge in [-0.3, -0.25) is 29.9 Å². The van der Waals surface area contributed by atoms with E-state index in [2.05, 4.69) is 368 Å². The van der Waals surface area contributed by atoms with E-state index in [-0.39, 0.29) is 0 Å². The molecule has 0 saturated carbocycles. The minimum absolute atomic E-state index is 1.01. The zero-order valence-corrected chi connectivity index (χ0v) is 61.5. The molecule has 0 spiro atoms. The molecule has 0 atom stereocenters. The zero-order valence-electron chi connectivity index (χ0n) is 61.5. The Morgan fingerprint density at radius 2 is 0.386 bits per heavy atom. The summed E-state index contributed by atoms with van der Waals surface area (Å²) in [5.74, 6) is 0. The normalized spacial score (nSPS) is 11.7. The molecule has 0 fully saturated rings. The van der Waals surface area contributed by atoms with E-state index < -0.39 is 0 Å². The lowest BCUT2D eigenvalue weighted by Gasteiger charge is -2.09. The molecule has 0 aliphatic carbocycles. The monoisotopic (exact) mass is 1460 g/mol. The predicted octanol–water partition coefficient (Wildman–Crippen LogP) is 25.0. The van der Waals surface area contributed by atoms with Crippen LogP contribution in [0.2, 0.25) is 0 Å². The van der Waals surface area contributed by atoms with Gasteiger partial charge in [0, 0.05) is 155 Å². The van der Waals surface area contributed by atoms with Crippen molar-refractivity contribution in [1.82, 2.24) is 57.3 Å². The van der Waals surface area contributed by atoms with Crippen molar-refractivity contribution in [3.8, 4) is 67.5 Å². The second kappa shape index (κ2) is 27.2. The third-order valence-corrected chi connectivity index (χ3v) is 22.4. The van der Waals surface area contributed by atoms with E-state index in [9.17, 15) is 0 Å². The summed E-state index contributed by atoms with van der Waals surface area (Å²) in [4.78, 5) is 27.0. The van der Waals surface area contributed by atoms with Crippen LogP contribution in [0, 0.1) is 0 Å². The second-order valence-electron chi connectivity index (χ2n) is 28.8. The minimum Gasteiger partial charge on any atom is -0.309 e. The first-order chi connectivity index (χ1) is 56.6. The molecule has 0 N–H and O–H groups in total. The van der Waals surface area contributed by atoms with Gasteiger partial charge >= 0.3 is 0 Å². The van der Waals surface area contributed by atoms with Gasteiger partial charge in [-0.2, -0.15) is 0 Å². The SMILES string of the molecule is c1ccc(-n2c3ccncc3c3cc(-c4ccc5c(c4)c4ccncc4n5-c4ccccc4)ccc32)cc1.c1ccc(-n2c3ccncc3c3cc(-c4ccc5c(c4)c4cnccc4n5-c4ccccc4)ccc32)cc1.c1ccc(-n2c3ccncc3c3cc(-c4ccc5c(c4)c4ncccc4n5-c4ccccc4)ccc32)cc1. The molecule has 0 aliphatic heterocycles. The quantitative estimate of drug-likeness (QED) is 0.142. The summed E-state index contributed by atoms with van der Waals surface area (Å²) in [7, 11) is 0. The molecule has 0 amide bonds. The largest absolute Gasteiger partial charge is 0.309 e. The molecule has 12 heterocycles. The van der Waals surface area contributed by atoms with Crippen molar-refractivity contribution in [2.75, 3.05) is 0 Å². The number of hydrogen-bond acceptors (Lipinski definition) is 6. The zero-order chi connectivity index (χ0) is 75.2. The molecule has 0 radical (unpaired) electrons. The summed E-state index contributed by atoms with van der Waals surface area (Å²) in [5.41, 5.74) is 28.8. The van der Waals surface area contributed by atoms with Crippen molar-refractivity contribution in [2.24, 2.45) is 0 Å². The van der Waals surface area contributed by atoms with Gasteiger partial charge in [-0.05, 0) is 221 Å².